The number of ketones is 1. The number of fused-ring (bicyclic) bond motifs is 1. The first kappa shape index (κ1) is 16.5. The van der Waals surface area contributed by atoms with Gasteiger partial charge in [-0.25, -0.2) is 8.42 Å². The molecule has 1 aliphatic rings. The Hall–Kier alpha value is -2.34. The first-order chi connectivity index (χ1) is 11.3. The van der Waals surface area contributed by atoms with E-state index in [-0.39, 0.29) is 23.6 Å². The van der Waals surface area contributed by atoms with Gasteiger partial charge in [0, 0.05) is 18.5 Å². The summed E-state index contributed by atoms with van der Waals surface area (Å²) in [5.74, 6) is 0.462. The van der Waals surface area contributed by atoms with E-state index in [4.69, 9.17) is 4.74 Å². The summed E-state index contributed by atoms with van der Waals surface area (Å²) in [6.45, 7) is 3.78. The van der Waals surface area contributed by atoms with Crippen LogP contribution in [-0.2, 0) is 10.0 Å². The highest BCUT2D eigenvalue weighted by atomic mass is 32.2. The zero-order chi connectivity index (χ0) is 17.5. The van der Waals surface area contributed by atoms with Gasteiger partial charge in [0.25, 0.3) is 10.0 Å². The zero-order valence-corrected chi connectivity index (χ0v) is 14.7. The summed E-state index contributed by atoms with van der Waals surface area (Å²) >= 11 is 0. The molecule has 0 saturated heterocycles. The summed E-state index contributed by atoms with van der Waals surface area (Å²) in [6.07, 6.45) is 0.157. The minimum atomic E-state index is -3.73. The lowest BCUT2D eigenvalue weighted by Crippen LogP contribution is -2.37. The molecule has 0 unspecified atom stereocenters. The Kier molecular flexibility index (Phi) is 4.09. The van der Waals surface area contributed by atoms with Gasteiger partial charge >= 0.3 is 0 Å². The van der Waals surface area contributed by atoms with Gasteiger partial charge in [-0.05, 0) is 49.2 Å². The maximum atomic E-state index is 13.2. The third-order valence-electron chi connectivity index (χ3n) is 4.23. The summed E-state index contributed by atoms with van der Waals surface area (Å²) in [6, 6.07) is 10.3. The Morgan fingerprint density at radius 1 is 1.08 bits per heavy atom. The van der Waals surface area contributed by atoms with Crippen LogP contribution in [0.3, 0.4) is 0 Å². The maximum absolute atomic E-state index is 13.2. The van der Waals surface area contributed by atoms with Crippen LogP contribution in [0, 0.1) is 13.8 Å². The molecular formula is C18H19NO4S. The molecule has 24 heavy (non-hydrogen) atoms. The smallest absolute Gasteiger partial charge is 0.264 e. The summed E-state index contributed by atoms with van der Waals surface area (Å²) < 4.78 is 32.8. The number of Topliss-reactive ketones (excluding diaryl/α,β-unsaturated/α-hetero) is 1. The molecule has 0 atom stereocenters. The molecule has 1 heterocycles. The van der Waals surface area contributed by atoms with Crippen molar-refractivity contribution in [3.05, 3.63) is 53.1 Å². The largest absolute Gasteiger partial charge is 0.497 e. The van der Waals surface area contributed by atoms with E-state index in [1.807, 2.05) is 13.0 Å². The molecule has 0 bridgehead atoms. The number of hydrogen-bond donors (Lipinski definition) is 0. The third kappa shape index (κ3) is 2.67. The fourth-order valence-electron chi connectivity index (χ4n) is 2.89. The van der Waals surface area contributed by atoms with E-state index in [0.717, 1.165) is 5.56 Å². The lowest BCUT2D eigenvalue weighted by atomic mass is 10.0. The SMILES string of the molecule is COc1ccc2c(c1)C(=O)CCN2S(=O)(=O)c1cc(C)ccc1C. The number of carbonyl (C=O) groups is 1. The molecule has 6 heteroatoms. The second kappa shape index (κ2) is 5.94. The number of benzene rings is 2. The highest BCUT2D eigenvalue weighted by Crippen LogP contribution is 2.35. The van der Waals surface area contributed by atoms with Crippen molar-refractivity contribution in [2.24, 2.45) is 0 Å². The number of aryl methyl sites for hydroxylation is 2. The van der Waals surface area contributed by atoms with Gasteiger partial charge in [0.05, 0.1) is 17.7 Å². The molecule has 0 radical (unpaired) electrons. The fraction of sp³-hybridized carbons (Fsp3) is 0.278. The van der Waals surface area contributed by atoms with Crippen molar-refractivity contribution < 1.29 is 17.9 Å². The highest BCUT2D eigenvalue weighted by Gasteiger charge is 2.33. The molecule has 2 aromatic carbocycles. The molecule has 0 aliphatic carbocycles. The first-order valence-electron chi connectivity index (χ1n) is 7.66. The van der Waals surface area contributed by atoms with Crippen LogP contribution in [0.1, 0.15) is 27.9 Å². The van der Waals surface area contributed by atoms with Gasteiger partial charge < -0.3 is 4.74 Å². The Morgan fingerprint density at radius 2 is 1.83 bits per heavy atom. The standard InChI is InChI=1S/C18H19NO4S/c1-12-4-5-13(2)18(10-12)24(21,22)19-9-8-17(20)15-11-14(23-3)6-7-16(15)19/h4-7,10-11H,8-9H2,1-3H3. The number of ether oxygens (including phenoxy) is 1. The average Bonchev–Trinajstić information content (AvgIpc) is 2.56. The predicted octanol–water partition coefficient (Wildman–Crippen LogP) is 3.09. The van der Waals surface area contributed by atoms with Crippen molar-refractivity contribution in [2.75, 3.05) is 18.0 Å². The van der Waals surface area contributed by atoms with E-state index >= 15 is 0 Å². The molecule has 0 N–H and O–H groups in total. The second-order valence-electron chi connectivity index (χ2n) is 5.90. The Labute approximate surface area is 141 Å². The first-order valence-corrected chi connectivity index (χ1v) is 9.10. The van der Waals surface area contributed by atoms with Crippen LogP contribution >= 0.6 is 0 Å². The van der Waals surface area contributed by atoms with Crippen molar-refractivity contribution in [3.63, 3.8) is 0 Å². The van der Waals surface area contributed by atoms with E-state index in [1.54, 1.807) is 37.3 Å². The van der Waals surface area contributed by atoms with Crippen LogP contribution in [0.2, 0.25) is 0 Å². The molecule has 0 spiro atoms. The number of carbonyl (C=O) groups excluding carboxylic acids is 1. The highest BCUT2D eigenvalue weighted by molar-refractivity contribution is 7.92. The minimum absolute atomic E-state index is 0.0729. The van der Waals surface area contributed by atoms with E-state index < -0.39 is 10.0 Å². The molecule has 0 aromatic heterocycles. The van der Waals surface area contributed by atoms with Gasteiger partial charge in [-0.1, -0.05) is 12.1 Å². The second-order valence-corrected chi connectivity index (χ2v) is 7.73. The molecule has 126 valence electrons. The van der Waals surface area contributed by atoms with Crippen molar-refractivity contribution >= 4 is 21.5 Å². The molecule has 0 saturated carbocycles. The molecule has 0 fully saturated rings. The van der Waals surface area contributed by atoms with Crippen LogP contribution in [0.5, 0.6) is 5.75 Å². The lowest BCUT2D eigenvalue weighted by molar-refractivity contribution is 0.0981. The molecular weight excluding hydrogens is 326 g/mol. The molecule has 0 amide bonds. The Bertz CT molecular complexity index is 919. The number of rotatable bonds is 3. The number of sulfonamides is 1. The van der Waals surface area contributed by atoms with Crippen molar-refractivity contribution in [1.82, 2.24) is 0 Å². The van der Waals surface area contributed by atoms with Gasteiger partial charge in [-0.15, -0.1) is 0 Å². The monoisotopic (exact) mass is 345 g/mol. The maximum Gasteiger partial charge on any atom is 0.264 e. The topological polar surface area (TPSA) is 63.7 Å². The van der Waals surface area contributed by atoms with Crippen molar-refractivity contribution in [1.29, 1.82) is 0 Å². The van der Waals surface area contributed by atoms with Crippen molar-refractivity contribution in [3.8, 4) is 5.75 Å². The van der Waals surface area contributed by atoms with Crippen LogP contribution in [0.25, 0.3) is 0 Å². The van der Waals surface area contributed by atoms with E-state index in [1.165, 1.54) is 11.4 Å². The third-order valence-corrected chi connectivity index (χ3v) is 6.18. The average molecular weight is 345 g/mol. The number of hydrogen-bond acceptors (Lipinski definition) is 4. The number of anilines is 1. The van der Waals surface area contributed by atoms with Crippen LogP contribution < -0.4 is 9.04 Å². The molecule has 5 nitrogen and oxygen atoms in total. The zero-order valence-electron chi connectivity index (χ0n) is 13.9. The fourth-order valence-corrected chi connectivity index (χ4v) is 4.69. The predicted molar refractivity (Wildman–Crippen MR) is 92.4 cm³/mol. The van der Waals surface area contributed by atoms with Gasteiger partial charge in [-0.2, -0.15) is 0 Å². The summed E-state index contributed by atoms with van der Waals surface area (Å²) in [4.78, 5) is 12.5. The summed E-state index contributed by atoms with van der Waals surface area (Å²) in [7, 11) is -2.22. The van der Waals surface area contributed by atoms with Gasteiger partial charge in [0.15, 0.2) is 5.78 Å². The summed E-state index contributed by atoms with van der Waals surface area (Å²) in [5, 5.41) is 0. The quantitative estimate of drug-likeness (QED) is 0.857. The number of methoxy groups -OCH3 is 1. The van der Waals surface area contributed by atoms with Gasteiger partial charge in [-0.3, -0.25) is 9.10 Å². The molecule has 1 aliphatic heterocycles. The van der Waals surface area contributed by atoms with Crippen molar-refractivity contribution in [2.45, 2.75) is 25.2 Å². The van der Waals surface area contributed by atoms with Crippen LogP contribution in [-0.4, -0.2) is 27.9 Å². The van der Waals surface area contributed by atoms with E-state index in [2.05, 4.69) is 0 Å². The number of nitrogens with zero attached hydrogens (tertiary/aromatic N) is 1. The van der Waals surface area contributed by atoms with Gasteiger partial charge in [0.2, 0.25) is 0 Å². The van der Waals surface area contributed by atoms with E-state index in [9.17, 15) is 13.2 Å². The Morgan fingerprint density at radius 3 is 2.54 bits per heavy atom. The van der Waals surface area contributed by atoms with E-state index in [0.29, 0.717) is 22.6 Å². The molecule has 3 rings (SSSR count). The summed E-state index contributed by atoms with van der Waals surface area (Å²) in [5.41, 5.74) is 2.36. The molecule has 2 aromatic rings. The normalized spacial score (nSPS) is 14.5. The lowest BCUT2D eigenvalue weighted by Gasteiger charge is -2.30. The van der Waals surface area contributed by atoms with Crippen LogP contribution in [0.15, 0.2) is 41.3 Å². The van der Waals surface area contributed by atoms with Crippen LogP contribution in [0.4, 0.5) is 5.69 Å². The minimum Gasteiger partial charge on any atom is -0.497 e. The van der Waals surface area contributed by atoms with Gasteiger partial charge in [0.1, 0.15) is 5.75 Å². The Balaban J connectivity index is 2.15.